The Kier molecular flexibility index (Phi) is 5.48. The fraction of sp³-hybridized carbons (Fsp3) is 0.0286. The molecule has 0 unspecified atom stereocenters. The van der Waals surface area contributed by atoms with Crippen molar-refractivity contribution in [3.05, 3.63) is 145 Å². The second-order valence-corrected chi connectivity index (χ2v) is 9.04. The molecule has 0 aromatic heterocycles. The van der Waals surface area contributed by atoms with E-state index in [1.165, 1.54) is 59.8 Å². The van der Waals surface area contributed by atoms with Crippen LogP contribution in [-0.4, -0.2) is 0 Å². The van der Waals surface area contributed by atoms with Crippen LogP contribution in [0.25, 0.3) is 54.2 Å². The molecule has 0 heterocycles. The van der Waals surface area contributed by atoms with E-state index >= 15 is 0 Å². The molecule has 0 amide bonds. The van der Waals surface area contributed by atoms with Gasteiger partial charge in [-0.1, -0.05) is 133 Å². The van der Waals surface area contributed by atoms with Gasteiger partial charge in [-0.25, -0.2) is 0 Å². The lowest BCUT2D eigenvalue weighted by Crippen LogP contribution is -1.89. The molecular formula is C35H26. The zero-order valence-electron chi connectivity index (χ0n) is 19.8. The van der Waals surface area contributed by atoms with Gasteiger partial charge in [0.25, 0.3) is 0 Å². The Morgan fingerprint density at radius 2 is 0.600 bits per heavy atom. The third kappa shape index (κ3) is 3.94. The number of hydrogen-bond acceptors (Lipinski definition) is 0. The minimum absolute atomic E-state index is 1.29. The molecule has 35 heavy (non-hydrogen) atoms. The predicted octanol–water partition coefficient (Wildman–Crippen LogP) is 9.96. The first-order chi connectivity index (χ1) is 17.3. The van der Waals surface area contributed by atoms with Gasteiger partial charge in [0.1, 0.15) is 0 Å². The Morgan fingerprint density at radius 3 is 0.886 bits per heavy atom. The van der Waals surface area contributed by atoms with Crippen molar-refractivity contribution in [1.29, 1.82) is 0 Å². The van der Waals surface area contributed by atoms with Crippen LogP contribution in [0.4, 0.5) is 0 Å². The van der Waals surface area contributed by atoms with E-state index in [1.807, 2.05) is 18.2 Å². The van der Waals surface area contributed by atoms with Crippen molar-refractivity contribution in [3.8, 4) is 11.1 Å². The summed E-state index contributed by atoms with van der Waals surface area (Å²) in [5, 5.41) is 10.4. The molecule has 0 spiro atoms. The van der Waals surface area contributed by atoms with E-state index in [2.05, 4.69) is 128 Å². The summed E-state index contributed by atoms with van der Waals surface area (Å²) in [6, 6.07) is 49.9. The topological polar surface area (TPSA) is 0 Å². The molecule has 0 bridgehead atoms. The summed E-state index contributed by atoms with van der Waals surface area (Å²) >= 11 is 0. The second-order valence-electron chi connectivity index (χ2n) is 9.04. The average Bonchev–Trinajstić information content (AvgIpc) is 2.91. The Morgan fingerprint density at radius 1 is 0.314 bits per heavy atom. The molecule has 0 heteroatoms. The molecule has 0 atom stereocenters. The number of rotatable bonds is 1. The van der Waals surface area contributed by atoms with Gasteiger partial charge in [0.2, 0.25) is 0 Å². The Labute approximate surface area is 206 Å². The quantitative estimate of drug-likeness (QED) is 0.220. The van der Waals surface area contributed by atoms with Gasteiger partial charge in [-0.3, -0.25) is 0 Å². The predicted molar refractivity (Wildman–Crippen MR) is 153 cm³/mol. The minimum atomic E-state index is 1.29. The summed E-state index contributed by atoms with van der Waals surface area (Å²) in [4.78, 5) is 0. The van der Waals surface area contributed by atoms with Crippen molar-refractivity contribution in [1.82, 2.24) is 0 Å². The van der Waals surface area contributed by atoms with Crippen LogP contribution in [-0.2, 0) is 0 Å². The van der Waals surface area contributed by atoms with E-state index in [1.54, 1.807) is 0 Å². The van der Waals surface area contributed by atoms with Gasteiger partial charge < -0.3 is 0 Å². The van der Waals surface area contributed by atoms with Gasteiger partial charge in [-0.2, -0.15) is 0 Å². The summed E-state index contributed by atoms with van der Waals surface area (Å²) in [5.41, 5.74) is 3.99. The lowest BCUT2D eigenvalue weighted by atomic mass is 9.86. The lowest BCUT2D eigenvalue weighted by molar-refractivity contribution is 1.48. The monoisotopic (exact) mass is 446 g/mol. The van der Waals surface area contributed by atoms with Crippen LogP contribution >= 0.6 is 0 Å². The summed E-state index contributed by atoms with van der Waals surface area (Å²) in [6.45, 7) is 2.08. The summed E-state index contributed by atoms with van der Waals surface area (Å²) < 4.78 is 0. The lowest BCUT2D eigenvalue weighted by Gasteiger charge is -2.17. The summed E-state index contributed by atoms with van der Waals surface area (Å²) in [5.74, 6) is 0. The standard InChI is InChI=1S/C28H18.C7H8/c1-5-13-23-19(9-1)17-20-10-2-6-14-24(20)27(23)28-25-15-7-3-11-21(25)18-22-12-4-8-16-26(22)28;1-7-5-3-2-4-6-7/h1-18H;2-6H,1H3. The Hall–Kier alpha value is -4.42. The van der Waals surface area contributed by atoms with Crippen LogP contribution in [0.3, 0.4) is 0 Å². The van der Waals surface area contributed by atoms with E-state index < -0.39 is 0 Å². The van der Waals surface area contributed by atoms with Gasteiger partial charge in [-0.05, 0) is 73.3 Å². The Bertz CT molecular complexity index is 1570. The first-order valence-corrected chi connectivity index (χ1v) is 12.1. The molecule has 0 fully saturated rings. The minimum Gasteiger partial charge on any atom is -0.0622 e. The van der Waals surface area contributed by atoms with Crippen molar-refractivity contribution in [2.24, 2.45) is 0 Å². The molecule has 0 saturated carbocycles. The number of hydrogen-bond donors (Lipinski definition) is 0. The number of benzene rings is 7. The summed E-state index contributed by atoms with van der Waals surface area (Å²) in [7, 11) is 0. The van der Waals surface area contributed by atoms with Gasteiger partial charge >= 0.3 is 0 Å². The molecule has 166 valence electrons. The molecule has 0 nitrogen and oxygen atoms in total. The maximum Gasteiger partial charge on any atom is -0.00143 e. The normalized spacial score (nSPS) is 11.0. The van der Waals surface area contributed by atoms with Crippen molar-refractivity contribution in [2.45, 2.75) is 6.92 Å². The third-order valence-corrected chi connectivity index (χ3v) is 6.73. The van der Waals surface area contributed by atoms with Gasteiger partial charge in [0.15, 0.2) is 0 Å². The molecule has 7 aromatic rings. The molecule has 0 N–H and O–H groups in total. The van der Waals surface area contributed by atoms with Crippen molar-refractivity contribution >= 4 is 43.1 Å². The number of fused-ring (bicyclic) bond motifs is 4. The molecular weight excluding hydrogens is 420 g/mol. The second kappa shape index (κ2) is 9.08. The van der Waals surface area contributed by atoms with Crippen LogP contribution in [0.1, 0.15) is 5.56 Å². The SMILES string of the molecule is Cc1ccccc1.c1ccc2c(-c3c4ccccc4cc4ccccc34)c3ccccc3cc2c1. The first-order valence-electron chi connectivity index (χ1n) is 12.1. The molecule has 0 radical (unpaired) electrons. The van der Waals surface area contributed by atoms with E-state index in [0.717, 1.165) is 0 Å². The van der Waals surface area contributed by atoms with Crippen LogP contribution in [0.5, 0.6) is 0 Å². The smallest absolute Gasteiger partial charge is 0.00143 e. The third-order valence-electron chi connectivity index (χ3n) is 6.73. The molecule has 0 aliphatic rings. The van der Waals surface area contributed by atoms with Crippen LogP contribution in [0.2, 0.25) is 0 Å². The van der Waals surface area contributed by atoms with E-state index in [0.29, 0.717) is 0 Å². The van der Waals surface area contributed by atoms with Crippen LogP contribution in [0, 0.1) is 6.92 Å². The zero-order valence-corrected chi connectivity index (χ0v) is 19.8. The highest BCUT2D eigenvalue weighted by Crippen LogP contribution is 2.43. The first kappa shape index (κ1) is 21.1. The highest BCUT2D eigenvalue weighted by atomic mass is 14.2. The van der Waals surface area contributed by atoms with E-state index in [9.17, 15) is 0 Å². The van der Waals surface area contributed by atoms with Gasteiger partial charge in [-0.15, -0.1) is 0 Å². The van der Waals surface area contributed by atoms with E-state index in [-0.39, 0.29) is 0 Å². The number of aryl methyl sites for hydroxylation is 1. The van der Waals surface area contributed by atoms with Crippen molar-refractivity contribution in [2.75, 3.05) is 0 Å². The van der Waals surface area contributed by atoms with Gasteiger partial charge in [0, 0.05) is 0 Å². The molecule has 0 aliphatic heterocycles. The van der Waals surface area contributed by atoms with Crippen LogP contribution in [0.15, 0.2) is 140 Å². The summed E-state index contributed by atoms with van der Waals surface area (Å²) in [6.07, 6.45) is 0. The van der Waals surface area contributed by atoms with Crippen LogP contribution < -0.4 is 0 Å². The molecule has 7 aromatic carbocycles. The fourth-order valence-corrected chi connectivity index (χ4v) is 5.10. The molecule has 0 saturated heterocycles. The van der Waals surface area contributed by atoms with Crippen molar-refractivity contribution < 1.29 is 0 Å². The molecule has 0 aliphatic carbocycles. The molecule has 7 rings (SSSR count). The average molecular weight is 447 g/mol. The largest absolute Gasteiger partial charge is 0.0622 e. The maximum atomic E-state index is 2.31. The van der Waals surface area contributed by atoms with Gasteiger partial charge in [0.05, 0.1) is 0 Å². The zero-order chi connectivity index (χ0) is 23.6. The van der Waals surface area contributed by atoms with E-state index in [4.69, 9.17) is 0 Å². The fourth-order valence-electron chi connectivity index (χ4n) is 5.10. The highest BCUT2D eigenvalue weighted by Gasteiger charge is 2.15. The van der Waals surface area contributed by atoms with Crippen molar-refractivity contribution in [3.63, 3.8) is 0 Å². The maximum absolute atomic E-state index is 2.31. The highest BCUT2D eigenvalue weighted by molar-refractivity contribution is 6.23. The Balaban J connectivity index is 0.000000284.